The van der Waals surface area contributed by atoms with Gasteiger partial charge < -0.3 is 10.2 Å². The first-order valence-corrected chi connectivity index (χ1v) is 6.48. The molecular weight excluding hydrogens is 292 g/mol. The predicted octanol–water partition coefficient (Wildman–Crippen LogP) is 2.91. The molecule has 0 aromatic heterocycles. The smallest absolute Gasteiger partial charge is 0.272 e. The fraction of sp³-hybridized carbons (Fsp3) is 0.0667. The molecule has 0 aliphatic carbocycles. The van der Waals surface area contributed by atoms with E-state index in [-0.39, 0.29) is 11.5 Å². The maximum absolute atomic E-state index is 11.9. The molecule has 0 fully saturated rings. The van der Waals surface area contributed by atoms with E-state index < -0.39 is 5.91 Å². The summed E-state index contributed by atoms with van der Waals surface area (Å²) in [5.41, 5.74) is 3.34. The van der Waals surface area contributed by atoms with E-state index in [0.29, 0.717) is 21.9 Å². The van der Waals surface area contributed by atoms with Crippen LogP contribution in [0.3, 0.4) is 0 Å². The molecule has 21 heavy (non-hydrogen) atoms. The quantitative estimate of drug-likeness (QED) is 0.463. The highest BCUT2D eigenvalue weighted by Crippen LogP contribution is 2.22. The van der Waals surface area contributed by atoms with Gasteiger partial charge >= 0.3 is 0 Å². The van der Waals surface area contributed by atoms with Gasteiger partial charge in [0.25, 0.3) is 5.91 Å². The van der Waals surface area contributed by atoms with Crippen molar-refractivity contribution in [3.05, 3.63) is 58.6 Å². The molecule has 2 rings (SSSR count). The molecule has 2 aromatic rings. The summed E-state index contributed by atoms with van der Waals surface area (Å²) in [5, 5.41) is 23.3. The van der Waals surface area contributed by atoms with Gasteiger partial charge in [0.15, 0.2) is 0 Å². The third-order valence-electron chi connectivity index (χ3n) is 2.81. The van der Waals surface area contributed by atoms with Crippen molar-refractivity contribution < 1.29 is 15.0 Å². The van der Waals surface area contributed by atoms with Crippen molar-refractivity contribution in [2.45, 2.75) is 6.92 Å². The van der Waals surface area contributed by atoms with Crippen molar-refractivity contribution in [1.82, 2.24) is 5.43 Å². The molecule has 0 aliphatic heterocycles. The third kappa shape index (κ3) is 3.52. The van der Waals surface area contributed by atoms with Crippen LogP contribution in [-0.2, 0) is 0 Å². The average molecular weight is 305 g/mol. The molecule has 2 aromatic carbocycles. The number of benzene rings is 2. The number of aromatic hydroxyl groups is 2. The van der Waals surface area contributed by atoms with Crippen LogP contribution in [0.4, 0.5) is 0 Å². The number of halogens is 1. The number of carbonyl (C=O) groups excluding carboxylic acids is 1. The molecule has 0 heterocycles. The van der Waals surface area contributed by atoms with Crippen LogP contribution in [0.25, 0.3) is 0 Å². The lowest BCUT2D eigenvalue weighted by Gasteiger charge is -2.06. The number of carbonyl (C=O) groups is 1. The van der Waals surface area contributed by atoms with Gasteiger partial charge in [0.1, 0.15) is 11.5 Å². The predicted molar refractivity (Wildman–Crippen MR) is 80.9 cm³/mol. The van der Waals surface area contributed by atoms with Crippen LogP contribution in [-0.4, -0.2) is 21.8 Å². The maximum Gasteiger partial charge on any atom is 0.272 e. The summed E-state index contributed by atoms with van der Waals surface area (Å²) in [7, 11) is 0. The van der Waals surface area contributed by atoms with E-state index in [1.54, 1.807) is 31.2 Å². The van der Waals surface area contributed by atoms with Crippen LogP contribution in [0.5, 0.6) is 11.5 Å². The van der Waals surface area contributed by atoms with Gasteiger partial charge in [0.05, 0.1) is 16.3 Å². The van der Waals surface area contributed by atoms with Crippen LogP contribution >= 0.6 is 11.6 Å². The lowest BCUT2D eigenvalue weighted by Crippen LogP contribution is -2.19. The Labute approximate surface area is 126 Å². The fourth-order valence-corrected chi connectivity index (χ4v) is 1.94. The molecule has 0 saturated heterocycles. The van der Waals surface area contributed by atoms with Gasteiger partial charge in [0.2, 0.25) is 0 Å². The first-order chi connectivity index (χ1) is 9.99. The van der Waals surface area contributed by atoms with Crippen molar-refractivity contribution in [3.63, 3.8) is 0 Å². The van der Waals surface area contributed by atoms with Crippen LogP contribution in [0.2, 0.25) is 5.02 Å². The molecule has 5 nitrogen and oxygen atoms in total. The van der Waals surface area contributed by atoms with Crippen molar-refractivity contribution in [2.75, 3.05) is 0 Å². The second kappa shape index (κ2) is 6.28. The Morgan fingerprint density at radius 3 is 2.57 bits per heavy atom. The number of amides is 1. The standard InChI is InChI=1S/C15H13ClN2O3/c1-9(12-8-10(19)6-7-14(12)20)17-18-15(21)11-4-2-3-5-13(11)16/h2-8,19-20H,1H3,(H,18,21)/b17-9+. The van der Waals surface area contributed by atoms with Crippen molar-refractivity contribution in [1.29, 1.82) is 0 Å². The highest BCUT2D eigenvalue weighted by Gasteiger charge is 2.10. The number of phenolic OH excluding ortho intramolecular Hbond substituents is 2. The molecule has 3 N–H and O–H groups in total. The molecule has 1 amide bonds. The zero-order chi connectivity index (χ0) is 15.4. The SMILES string of the molecule is C/C(=N\NC(=O)c1ccccc1Cl)c1cc(O)ccc1O. The number of phenols is 2. The topological polar surface area (TPSA) is 81.9 Å². The highest BCUT2D eigenvalue weighted by molar-refractivity contribution is 6.33. The Morgan fingerprint density at radius 2 is 1.86 bits per heavy atom. The van der Waals surface area contributed by atoms with Gasteiger partial charge in [-0.1, -0.05) is 23.7 Å². The minimum atomic E-state index is -0.459. The summed E-state index contributed by atoms with van der Waals surface area (Å²) >= 11 is 5.92. The minimum absolute atomic E-state index is 0.00483. The Kier molecular flexibility index (Phi) is 4.45. The first kappa shape index (κ1) is 14.9. The van der Waals surface area contributed by atoms with Crippen molar-refractivity contribution in [2.24, 2.45) is 5.10 Å². The van der Waals surface area contributed by atoms with E-state index in [2.05, 4.69) is 10.5 Å². The van der Waals surface area contributed by atoms with Crippen LogP contribution in [0, 0.1) is 0 Å². The molecule has 6 heteroatoms. The van der Waals surface area contributed by atoms with E-state index >= 15 is 0 Å². The summed E-state index contributed by atoms with van der Waals surface area (Å²) in [6, 6.07) is 10.7. The van der Waals surface area contributed by atoms with Gasteiger partial charge in [-0.15, -0.1) is 0 Å². The molecule has 0 bridgehead atoms. The fourth-order valence-electron chi connectivity index (χ4n) is 1.71. The van der Waals surface area contributed by atoms with Gasteiger partial charge in [0, 0.05) is 5.56 Å². The summed E-state index contributed by atoms with van der Waals surface area (Å²) in [5.74, 6) is -0.504. The molecule has 0 saturated carbocycles. The van der Waals surface area contributed by atoms with Crippen LogP contribution in [0.15, 0.2) is 47.6 Å². The Hall–Kier alpha value is -2.53. The summed E-state index contributed by atoms with van der Waals surface area (Å²) < 4.78 is 0. The summed E-state index contributed by atoms with van der Waals surface area (Å²) in [4.78, 5) is 11.9. The van der Waals surface area contributed by atoms with Crippen molar-refractivity contribution >= 4 is 23.2 Å². The normalized spacial score (nSPS) is 11.2. The Morgan fingerprint density at radius 1 is 1.14 bits per heavy atom. The van der Waals surface area contributed by atoms with Crippen molar-refractivity contribution in [3.8, 4) is 11.5 Å². The van der Waals surface area contributed by atoms with Crippen LogP contribution < -0.4 is 5.43 Å². The van der Waals surface area contributed by atoms with Gasteiger partial charge in [-0.05, 0) is 37.3 Å². The molecule has 0 spiro atoms. The lowest BCUT2D eigenvalue weighted by molar-refractivity contribution is 0.0955. The largest absolute Gasteiger partial charge is 0.508 e. The molecule has 108 valence electrons. The zero-order valence-electron chi connectivity index (χ0n) is 11.2. The zero-order valence-corrected chi connectivity index (χ0v) is 11.9. The molecular formula is C15H13ClN2O3. The molecule has 0 atom stereocenters. The molecule has 0 radical (unpaired) electrons. The van der Waals surface area contributed by atoms with E-state index in [1.807, 2.05) is 0 Å². The van der Waals surface area contributed by atoms with E-state index in [1.165, 1.54) is 18.2 Å². The Bertz CT molecular complexity index is 714. The minimum Gasteiger partial charge on any atom is -0.508 e. The highest BCUT2D eigenvalue weighted by atomic mass is 35.5. The second-order valence-electron chi connectivity index (χ2n) is 4.32. The Balaban J connectivity index is 2.19. The van der Waals surface area contributed by atoms with Gasteiger partial charge in [-0.2, -0.15) is 5.10 Å². The van der Waals surface area contributed by atoms with Gasteiger partial charge in [-0.25, -0.2) is 5.43 Å². The number of nitrogens with one attached hydrogen (secondary N) is 1. The van der Waals surface area contributed by atoms with E-state index in [0.717, 1.165) is 0 Å². The third-order valence-corrected chi connectivity index (χ3v) is 3.14. The average Bonchev–Trinajstić information content (AvgIpc) is 2.47. The number of rotatable bonds is 3. The lowest BCUT2D eigenvalue weighted by atomic mass is 10.1. The molecule has 0 unspecified atom stereocenters. The molecule has 0 aliphatic rings. The number of nitrogens with zero attached hydrogens (tertiary/aromatic N) is 1. The number of hydrazone groups is 1. The first-order valence-electron chi connectivity index (χ1n) is 6.10. The van der Waals surface area contributed by atoms with Crippen LogP contribution in [0.1, 0.15) is 22.8 Å². The maximum atomic E-state index is 11.9. The summed E-state index contributed by atoms with van der Waals surface area (Å²) in [6.45, 7) is 1.60. The van der Waals surface area contributed by atoms with E-state index in [4.69, 9.17) is 11.6 Å². The monoisotopic (exact) mass is 304 g/mol. The second-order valence-corrected chi connectivity index (χ2v) is 4.73. The number of hydrogen-bond donors (Lipinski definition) is 3. The number of hydrogen-bond acceptors (Lipinski definition) is 4. The van der Waals surface area contributed by atoms with Gasteiger partial charge in [-0.3, -0.25) is 4.79 Å². The summed E-state index contributed by atoms with van der Waals surface area (Å²) in [6.07, 6.45) is 0. The van der Waals surface area contributed by atoms with E-state index in [9.17, 15) is 15.0 Å².